The number of hydrogen-bond acceptors (Lipinski definition) is 4. The maximum absolute atomic E-state index is 15.2. The summed E-state index contributed by atoms with van der Waals surface area (Å²) in [4.78, 5) is 14.7. The number of nitrogens with one attached hydrogen (secondary N) is 1. The van der Waals surface area contributed by atoms with Crippen LogP contribution >= 0.6 is 0 Å². The summed E-state index contributed by atoms with van der Waals surface area (Å²) in [5.41, 5.74) is 3.30. The van der Waals surface area contributed by atoms with Crippen molar-refractivity contribution in [3.05, 3.63) is 51.8 Å². The summed E-state index contributed by atoms with van der Waals surface area (Å²) in [6.07, 6.45) is 7.09. The monoisotopic (exact) mass is 410 g/mol. The van der Waals surface area contributed by atoms with Crippen LogP contribution in [0.5, 0.6) is 5.75 Å². The first-order valence-corrected chi connectivity index (χ1v) is 10.2. The summed E-state index contributed by atoms with van der Waals surface area (Å²) < 4.78 is 22.2. The minimum absolute atomic E-state index is 0.173. The van der Waals surface area contributed by atoms with Gasteiger partial charge in [-0.05, 0) is 50.5 Å². The van der Waals surface area contributed by atoms with Crippen molar-refractivity contribution >= 4 is 17.0 Å². The fraction of sp³-hybridized carbons (Fsp3) is 0.391. The topological polar surface area (TPSA) is 63.1 Å². The normalized spacial score (nSPS) is 15.2. The molecule has 3 heterocycles. The molecule has 0 unspecified atom stereocenters. The van der Waals surface area contributed by atoms with Gasteiger partial charge >= 0.3 is 0 Å². The van der Waals surface area contributed by atoms with Crippen LogP contribution in [-0.2, 0) is 7.05 Å². The van der Waals surface area contributed by atoms with Crippen LogP contribution in [0, 0.1) is 5.82 Å². The maximum atomic E-state index is 15.2. The molecule has 30 heavy (non-hydrogen) atoms. The maximum Gasteiger partial charge on any atom is 0.276 e. The van der Waals surface area contributed by atoms with Crippen LogP contribution in [0.3, 0.4) is 0 Å². The van der Waals surface area contributed by atoms with Crippen molar-refractivity contribution in [2.24, 2.45) is 7.05 Å². The lowest BCUT2D eigenvalue weighted by Crippen LogP contribution is -2.36. The molecular weight excluding hydrogens is 383 g/mol. The van der Waals surface area contributed by atoms with E-state index in [9.17, 15) is 4.79 Å². The molecule has 2 aromatic heterocycles. The first-order chi connectivity index (χ1) is 14.4. The molecule has 1 aliphatic heterocycles. The number of hydrogen-bond donors (Lipinski definition) is 1. The standard InChI is InChI=1S/C23H27FN4O2/c1-14(2)28-7-5-15(6-8-28)9-17-20(24)10-16(11-21(17)30-4)19-13-27(3)23(29)22-18(19)12-25-26-22/h9-14H,5-8H2,1-4H3,(H,25,26). The Bertz CT molecular complexity index is 1170. The Hall–Kier alpha value is -2.93. The molecule has 3 aromatic rings. The van der Waals surface area contributed by atoms with E-state index < -0.39 is 0 Å². The third-order valence-corrected chi connectivity index (χ3v) is 5.93. The Morgan fingerprint density at radius 3 is 2.67 bits per heavy atom. The molecule has 0 saturated carbocycles. The van der Waals surface area contributed by atoms with Crippen LogP contribution in [0.4, 0.5) is 4.39 Å². The summed E-state index contributed by atoms with van der Waals surface area (Å²) >= 11 is 0. The lowest BCUT2D eigenvalue weighted by atomic mass is 9.97. The highest BCUT2D eigenvalue weighted by molar-refractivity contribution is 5.94. The van der Waals surface area contributed by atoms with E-state index in [4.69, 9.17) is 4.74 Å². The van der Waals surface area contributed by atoms with Gasteiger partial charge in [0, 0.05) is 43.3 Å². The smallest absolute Gasteiger partial charge is 0.276 e. The minimum atomic E-state index is -0.339. The van der Waals surface area contributed by atoms with Crippen LogP contribution < -0.4 is 10.3 Å². The van der Waals surface area contributed by atoms with Crippen molar-refractivity contribution in [1.82, 2.24) is 19.7 Å². The number of pyridine rings is 1. The lowest BCUT2D eigenvalue weighted by Gasteiger charge is -2.31. The van der Waals surface area contributed by atoms with E-state index in [2.05, 4.69) is 28.9 Å². The van der Waals surface area contributed by atoms with Crippen molar-refractivity contribution in [2.45, 2.75) is 32.7 Å². The van der Waals surface area contributed by atoms with Gasteiger partial charge in [-0.25, -0.2) is 4.39 Å². The second-order valence-electron chi connectivity index (χ2n) is 8.12. The van der Waals surface area contributed by atoms with Crippen LogP contribution in [0.2, 0.25) is 0 Å². The molecule has 7 heteroatoms. The minimum Gasteiger partial charge on any atom is -0.496 e. The molecule has 158 valence electrons. The molecule has 0 radical (unpaired) electrons. The number of fused-ring (bicyclic) bond motifs is 1. The number of piperidine rings is 1. The van der Waals surface area contributed by atoms with Crippen LogP contribution in [0.15, 0.2) is 34.9 Å². The van der Waals surface area contributed by atoms with Crippen molar-refractivity contribution < 1.29 is 9.13 Å². The van der Waals surface area contributed by atoms with Gasteiger partial charge in [0.05, 0.1) is 18.9 Å². The van der Waals surface area contributed by atoms with Crippen molar-refractivity contribution in [3.63, 3.8) is 0 Å². The second kappa shape index (κ2) is 8.07. The van der Waals surface area contributed by atoms with E-state index in [1.807, 2.05) is 12.1 Å². The number of halogens is 1. The van der Waals surface area contributed by atoms with E-state index in [1.54, 1.807) is 26.6 Å². The third kappa shape index (κ3) is 3.65. The van der Waals surface area contributed by atoms with E-state index in [-0.39, 0.29) is 11.4 Å². The average molecular weight is 410 g/mol. The predicted molar refractivity (Wildman–Crippen MR) is 117 cm³/mol. The highest BCUT2D eigenvalue weighted by atomic mass is 19.1. The van der Waals surface area contributed by atoms with Gasteiger partial charge in [-0.3, -0.25) is 9.89 Å². The Balaban J connectivity index is 1.74. The van der Waals surface area contributed by atoms with Gasteiger partial charge in [0.25, 0.3) is 5.56 Å². The highest BCUT2D eigenvalue weighted by Crippen LogP contribution is 2.34. The van der Waals surface area contributed by atoms with Gasteiger partial charge in [-0.15, -0.1) is 0 Å². The molecular formula is C23H27FN4O2. The number of rotatable bonds is 4. The molecule has 1 aliphatic rings. The molecule has 0 bridgehead atoms. The Morgan fingerprint density at radius 2 is 2.00 bits per heavy atom. The zero-order valence-electron chi connectivity index (χ0n) is 17.8. The first-order valence-electron chi connectivity index (χ1n) is 10.2. The molecule has 6 nitrogen and oxygen atoms in total. The number of methoxy groups -OCH3 is 1. The van der Waals surface area contributed by atoms with E-state index in [0.29, 0.717) is 33.8 Å². The molecule has 1 fully saturated rings. The molecule has 1 N–H and O–H groups in total. The van der Waals surface area contributed by atoms with Crippen molar-refractivity contribution in [1.29, 1.82) is 0 Å². The van der Waals surface area contributed by atoms with Gasteiger partial charge < -0.3 is 14.2 Å². The first kappa shape index (κ1) is 20.3. The summed E-state index contributed by atoms with van der Waals surface area (Å²) in [6, 6.07) is 3.86. The number of aromatic amines is 1. The van der Waals surface area contributed by atoms with E-state index in [0.717, 1.165) is 31.5 Å². The number of benzene rings is 1. The van der Waals surface area contributed by atoms with Gasteiger partial charge in [0.1, 0.15) is 17.1 Å². The largest absolute Gasteiger partial charge is 0.496 e. The van der Waals surface area contributed by atoms with Gasteiger partial charge in [0.15, 0.2) is 0 Å². The number of likely N-dealkylation sites (tertiary alicyclic amines) is 1. The summed E-state index contributed by atoms with van der Waals surface area (Å²) in [5, 5.41) is 7.39. The molecule has 1 aromatic carbocycles. The molecule has 1 saturated heterocycles. The molecule has 4 rings (SSSR count). The second-order valence-corrected chi connectivity index (χ2v) is 8.12. The number of nitrogens with zero attached hydrogens (tertiary/aromatic N) is 3. The third-order valence-electron chi connectivity index (χ3n) is 5.93. The zero-order valence-corrected chi connectivity index (χ0v) is 17.8. The van der Waals surface area contributed by atoms with Crippen LogP contribution in [-0.4, -0.2) is 45.9 Å². The number of aromatic nitrogens is 3. The van der Waals surface area contributed by atoms with Crippen molar-refractivity contribution in [2.75, 3.05) is 20.2 Å². The molecule has 0 spiro atoms. The lowest BCUT2D eigenvalue weighted by molar-refractivity contribution is 0.208. The number of H-pyrrole nitrogens is 1. The van der Waals surface area contributed by atoms with Crippen LogP contribution in [0.25, 0.3) is 28.1 Å². The fourth-order valence-electron chi connectivity index (χ4n) is 4.11. The Morgan fingerprint density at radius 1 is 1.27 bits per heavy atom. The highest BCUT2D eigenvalue weighted by Gasteiger charge is 2.19. The van der Waals surface area contributed by atoms with Crippen LogP contribution in [0.1, 0.15) is 32.3 Å². The zero-order chi connectivity index (χ0) is 21.4. The van der Waals surface area contributed by atoms with Gasteiger partial charge in [-0.1, -0.05) is 5.57 Å². The summed E-state index contributed by atoms with van der Waals surface area (Å²) in [5.74, 6) is 0.142. The quantitative estimate of drug-likeness (QED) is 0.707. The number of aryl methyl sites for hydroxylation is 1. The van der Waals surface area contributed by atoms with Crippen molar-refractivity contribution in [3.8, 4) is 16.9 Å². The summed E-state index contributed by atoms with van der Waals surface area (Å²) in [6.45, 7) is 6.38. The van der Waals surface area contributed by atoms with Gasteiger partial charge in [-0.2, -0.15) is 5.10 Å². The Labute approximate surface area is 175 Å². The van der Waals surface area contributed by atoms with E-state index in [1.165, 1.54) is 16.2 Å². The Kier molecular flexibility index (Phi) is 5.47. The predicted octanol–water partition coefficient (Wildman–Crippen LogP) is 3.96. The molecule has 0 aliphatic carbocycles. The fourth-order valence-corrected chi connectivity index (χ4v) is 4.11. The van der Waals surface area contributed by atoms with Gasteiger partial charge in [0.2, 0.25) is 0 Å². The average Bonchev–Trinajstić information content (AvgIpc) is 3.22. The molecule has 0 atom stereocenters. The van der Waals surface area contributed by atoms with E-state index >= 15 is 4.39 Å². The number of ether oxygens (including phenoxy) is 1. The summed E-state index contributed by atoms with van der Waals surface area (Å²) in [7, 11) is 3.22. The molecule has 0 amide bonds. The SMILES string of the molecule is COc1cc(-c2cn(C)c(=O)c3[nH]ncc23)cc(F)c1C=C1CCN(C(C)C)CC1.